The molecule has 1 aromatic carbocycles. The highest BCUT2D eigenvalue weighted by Gasteiger charge is 2.21. The Morgan fingerprint density at radius 2 is 1.96 bits per heavy atom. The van der Waals surface area contributed by atoms with E-state index in [2.05, 4.69) is 10.2 Å². The van der Waals surface area contributed by atoms with Gasteiger partial charge in [0, 0.05) is 18.3 Å². The van der Waals surface area contributed by atoms with Crippen LogP contribution in [0.1, 0.15) is 20.8 Å². The van der Waals surface area contributed by atoms with Crippen LogP contribution in [0.15, 0.2) is 58.3 Å². The fourth-order valence-electron chi connectivity index (χ4n) is 2.78. The highest BCUT2D eigenvalue weighted by Crippen LogP contribution is 2.25. The van der Waals surface area contributed by atoms with Crippen LogP contribution in [0.2, 0.25) is 0 Å². The van der Waals surface area contributed by atoms with E-state index in [9.17, 15) is 4.79 Å². The lowest BCUT2D eigenvalue weighted by Gasteiger charge is -2.26. The predicted octanol–water partition coefficient (Wildman–Crippen LogP) is 4.09. The maximum atomic E-state index is 12.8. The lowest BCUT2D eigenvalue weighted by molar-refractivity contribution is -0.116. The summed E-state index contributed by atoms with van der Waals surface area (Å²) in [6.07, 6.45) is 1.61. The molecule has 0 unspecified atom stereocenters. The van der Waals surface area contributed by atoms with E-state index >= 15 is 0 Å². The third-order valence-electron chi connectivity index (χ3n) is 3.92. The summed E-state index contributed by atoms with van der Waals surface area (Å²) in [7, 11) is 0. The van der Waals surface area contributed by atoms with Crippen LogP contribution in [0, 0.1) is 0 Å². The van der Waals surface area contributed by atoms with Gasteiger partial charge in [0.2, 0.25) is 5.91 Å². The Morgan fingerprint density at radius 1 is 1.19 bits per heavy atom. The summed E-state index contributed by atoms with van der Waals surface area (Å²) in [5.41, 5.74) is 0.904. The number of furan rings is 1. The first-order valence-corrected chi connectivity index (χ1v) is 9.57. The smallest absolute Gasteiger partial charge is 0.237 e. The Hall–Kier alpha value is -2.54. The van der Waals surface area contributed by atoms with E-state index in [1.165, 1.54) is 11.8 Å². The van der Waals surface area contributed by atoms with E-state index in [4.69, 9.17) is 4.42 Å². The number of carbonyl (C=O) groups is 1. The zero-order chi connectivity index (χ0) is 18.5. The van der Waals surface area contributed by atoms with Gasteiger partial charge >= 0.3 is 0 Å². The first kappa shape index (κ1) is 18.3. The van der Waals surface area contributed by atoms with Gasteiger partial charge in [-0.1, -0.05) is 30.0 Å². The largest absolute Gasteiger partial charge is 0.461 e. The highest BCUT2D eigenvalue weighted by molar-refractivity contribution is 7.99. The number of aromatic nitrogens is 3. The molecule has 0 radical (unpaired) electrons. The van der Waals surface area contributed by atoms with Crippen molar-refractivity contribution in [1.82, 2.24) is 14.8 Å². The molecule has 2 aromatic heterocycles. The Kier molecular flexibility index (Phi) is 5.78. The Balaban J connectivity index is 1.75. The average Bonchev–Trinajstić information content (AvgIpc) is 3.29. The van der Waals surface area contributed by atoms with Crippen LogP contribution in [0.25, 0.3) is 11.6 Å². The lowest BCUT2D eigenvalue weighted by atomic mass is 10.2. The van der Waals surface area contributed by atoms with E-state index in [0.717, 1.165) is 5.69 Å². The summed E-state index contributed by atoms with van der Waals surface area (Å²) < 4.78 is 7.38. The van der Waals surface area contributed by atoms with Crippen molar-refractivity contribution in [1.29, 1.82) is 0 Å². The van der Waals surface area contributed by atoms with Crippen LogP contribution in [-0.4, -0.2) is 32.5 Å². The van der Waals surface area contributed by atoms with Gasteiger partial charge in [0.1, 0.15) is 0 Å². The number of carbonyl (C=O) groups excluding carboxylic acids is 1. The molecule has 3 aromatic rings. The second-order valence-electron chi connectivity index (χ2n) is 6.01. The van der Waals surface area contributed by atoms with Gasteiger partial charge in [-0.25, -0.2) is 0 Å². The first-order chi connectivity index (χ1) is 12.6. The molecule has 0 bridgehead atoms. The van der Waals surface area contributed by atoms with E-state index in [1.54, 1.807) is 6.26 Å². The molecule has 7 heteroatoms. The highest BCUT2D eigenvalue weighted by atomic mass is 32.2. The van der Waals surface area contributed by atoms with E-state index in [1.807, 2.05) is 72.7 Å². The van der Waals surface area contributed by atoms with Gasteiger partial charge in [-0.05, 0) is 45.0 Å². The Labute approximate surface area is 157 Å². The molecular formula is C19H22N4O2S. The van der Waals surface area contributed by atoms with Gasteiger partial charge in [-0.3, -0.25) is 9.36 Å². The molecule has 0 aliphatic heterocycles. The van der Waals surface area contributed by atoms with Crippen LogP contribution in [-0.2, 0) is 11.3 Å². The minimum atomic E-state index is 0.0430. The second kappa shape index (κ2) is 8.23. The van der Waals surface area contributed by atoms with Crippen molar-refractivity contribution in [3.63, 3.8) is 0 Å². The number of nitrogens with zero attached hydrogens (tertiary/aromatic N) is 4. The van der Waals surface area contributed by atoms with Crippen LogP contribution in [0.4, 0.5) is 5.69 Å². The molecule has 0 N–H and O–H groups in total. The summed E-state index contributed by atoms with van der Waals surface area (Å²) in [5, 5.41) is 9.17. The summed E-state index contributed by atoms with van der Waals surface area (Å²) >= 11 is 1.39. The number of benzene rings is 1. The summed E-state index contributed by atoms with van der Waals surface area (Å²) in [6.45, 7) is 6.75. The number of hydrogen-bond donors (Lipinski definition) is 0. The molecule has 136 valence electrons. The van der Waals surface area contributed by atoms with Crippen molar-refractivity contribution < 1.29 is 9.21 Å². The SMILES string of the molecule is CCn1c(SCC(=O)N(c2ccccc2)C(C)C)nnc1-c1ccco1. The molecule has 0 aliphatic carbocycles. The monoisotopic (exact) mass is 370 g/mol. The number of para-hydroxylation sites is 1. The average molecular weight is 370 g/mol. The van der Waals surface area contributed by atoms with Crippen LogP contribution in [0.5, 0.6) is 0 Å². The molecule has 2 heterocycles. The number of hydrogen-bond acceptors (Lipinski definition) is 5. The zero-order valence-corrected chi connectivity index (χ0v) is 15.9. The summed E-state index contributed by atoms with van der Waals surface area (Å²) in [4.78, 5) is 14.6. The second-order valence-corrected chi connectivity index (χ2v) is 6.95. The van der Waals surface area contributed by atoms with E-state index in [-0.39, 0.29) is 11.9 Å². The van der Waals surface area contributed by atoms with Gasteiger partial charge in [0.05, 0.1) is 12.0 Å². The van der Waals surface area contributed by atoms with E-state index < -0.39 is 0 Å². The maximum Gasteiger partial charge on any atom is 0.237 e. The van der Waals surface area contributed by atoms with Crippen molar-refractivity contribution in [3.05, 3.63) is 48.7 Å². The van der Waals surface area contributed by atoms with E-state index in [0.29, 0.717) is 29.0 Å². The van der Waals surface area contributed by atoms with Crippen molar-refractivity contribution in [2.24, 2.45) is 0 Å². The number of anilines is 1. The molecule has 0 fully saturated rings. The predicted molar refractivity (Wildman–Crippen MR) is 103 cm³/mol. The molecule has 0 atom stereocenters. The molecule has 3 rings (SSSR count). The first-order valence-electron chi connectivity index (χ1n) is 8.58. The van der Waals surface area contributed by atoms with Crippen LogP contribution >= 0.6 is 11.8 Å². The van der Waals surface area contributed by atoms with Crippen molar-refractivity contribution >= 4 is 23.4 Å². The Bertz CT molecular complexity index is 844. The molecular weight excluding hydrogens is 348 g/mol. The van der Waals surface area contributed by atoms with Gasteiger partial charge < -0.3 is 9.32 Å². The molecule has 6 nitrogen and oxygen atoms in total. The third kappa shape index (κ3) is 3.83. The number of rotatable bonds is 7. The number of thioether (sulfide) groups is 1. The Morgan fingerprint density at radius 3 is 2.58 bits per heavy atom. The minimum absolute atomic E-state index is 0.0430. The van der Waals surface area contributed by atoms with Gasteiger partial charge in [0.25, 0.3) is 0 Å². The van der Waals surface area contributed by atoms with Crippen LogP contribution in [0.3, 0.4) is 0 Å². The third-order valence-corrected chi connectivity index (χ3v) is 4.87. The van der Waals surface area contributed by atoms with Crippen molar-refractivity contribution in [2.45, 2.75) is 38.5 Å². The number of amides is 1. The van der Waals surface area contributed by atoms with Gasteiger partial charge in [0.15, 0.2) is 16.7 Å². The van der Waals surface area contributed by atoms with Gasteiger partial charge in [-0.15, -0.1) is 10.2 Å². The molecule has 0 saturated carbocycles. The summed E-state index contributed by atoms with van der Waals surface area (Å²) in [5.74, 6) is 1.69. The molecule has 0 saturated heterocycles. The standard InChI is InChI=1S/C19H22N4O2S/c1-4-22-18(16-11-8-12-25-16)20-21-19(22)26-13-17(24)23(14(2)3)15-9-6-5-7-10-15/h5-12,14H,4,13H2,1-3H3. The minimum Gasteiger partial charge on any atom is -0.461 e. The van der Waals surface area contributed by atoms with Crippen molar-refractivity contribution in [2.75, 3.05) is 10.7 Å². The zero-order valence-electron chi connectivity index (χ0n) is 15.1. The quantitative estimate of drug-likeness (QED) is 0.586. The molecule has 26 heavy (non-hydrogen) atoms. The molecule has 0 aliphatic rings. The van der Waals surface area contributed by atoms with Gasteiger partial charge in [-0.2, -0.15) is 0 Å². The topological polar surface area (TPSA) is 64.2 Å². The molecule has 0 spiro atoms. The maximum absolute atomic E-state index is 12.8. The fourth-order valence-corrected chi connectivity index (χ4v) is 3.64. The van der Waals surface area contributed by atoms with Crippen molar-refractivity contribution in [3.8, 4) is 11.6 Å². The lowest BCUT2D eigenvalue weighted by Crippen LogP contribution is -2.38. The van der Waals surface area contributed by atoms with Crippen LogP contribution < -0.4 is 4.90 Å². The fraction of sp³-hybridized carbons (Fsp3) is 0.316. The normalized spacial score (nSPS) is 11.1. The summed E-state index contributed by atoms with van der Waals surface area (Å²) in [6, 6.07) is 13.5. The molecule has 1 amide bonds.